The predicted molar refractivity (Wildman–Crippen MR) is 215 cm³/mol. The molecule has 9 nitrogen and oxygen atoms in total. The van der Waals surface area contributed by atoms with Gasteiger partial charge in [-0.05, 0) is 125 Å². The Morgan fingerprint density at radius 1 is 0.800 bits per heavy atom. The molecule has 0 unspecified atom stereocenters. The Hall–Kier alpha value is -5.54. The molecule has 1 aliphatic carbocycles. The molecule has 9 heteroatoms. The number of aryl methyl sites for hydroxylation is 3. The molecule has 0 radical (unpaired) electrons. The monoisotopic (exact) mass is 741 g/mol. The first-order chi connectivity index (χ1) is 26.8. The molecule has 0 amide bonds. The number of hydrogen-bond acceptors (Lipinski definition) is 7. The average molecular weight is 742 g/mol. The Balaban J connectivity index is 1.22. The van der Waals surface area contributed by atoms with Crippen LogP contribution in [0, 0.1) is 5.92 Å². The Labute approximate surface area is 322 Å². The van der Waals surface area contributed by atoms with E-state index in [4.69, 9.17) is 4.74 Å². The maximum absolute atomic E-state index is 14.5. The molecule has 4 bridgehead atoms. The lowest BCUT2D eigenvalue weighted by atomic mass is 9.71. The number of ketones is 2. The molecule has 3 aromatic carbocycles. The van der Waals surface area contributed by atoms with Crippen molar-refractivity contribution < 1.29 is 29.6 Å². The molecular weight excluding hydrogens is 691 g/mol. The number of unbranched alkanes of at least 4 members (excludes halogenated alkanes) is 1. The van der Waals surface area contributed by atoms with Gasteiger partial charge in [0.05, 0.1) is 13.5 Å². The fourth-order valence-electron chi connectivity index (χ4n) is 8.51. The highest BCUT2D eigenvalue weighted by molar-refractivity contribution is 6.02. The molecule has 55 heavy (non-hydrogen) atoms. The van der Waals surface area contributed by atoms with E-state index in [2.05, 4.69) is 51.7 Å². The van der Waals surface area contributed by atoms with Crippen LogP contribution in [0.25, 0.3) is 6.08 Å². The summed E-state index contributed by atoms with van der Waals surface area (Å²) in [6.45, 7) is 0.538. The summed E-state index contributed by atoms with van der Waals surface area (Å²) in [6, 6.07) is 21.6. The van der Waals surface area contributed by atoms with Gasteiger partial charge in [-0.2, -0.15) is 0 Å². The molecule has 0 spiro atoms. The first-order valence-electron chi connectivity index (χ1n) is 19.5. The maximum Gasteiger partial charge on any atom is 0.161 e. The van der Waals surface area contributed by atoms with Gasteiger partial charge in [-0.15, -0.1) is 0 Å². The molecule has 3 heterocycles. The Morgan fingerprint density at radius 2 is 1.65 bits per heavy atom. The number of aromatic amines is 2. The van der Waals surface area contributed by atoms with E-state index in [0.29, 0.717) is 43.5 Å². The van der Waals surface area contributed by atoms with Crippen LogP contribution >= 0.6 is 0 Å². The van der Waals surface area contributed by atoms with E-state index < -0.39 is 5.92 Å². The number of methoxy groups -OCH3 is 1. The number of rotatable bonds is 9. The summed E-state index contributed by atoms with van der Waals surface area (Å²) in [7, 11) is 1.53. The van der Waals surface area contributed by atoms with Crippen LogP contribution in [-0.2, 0) is 41.7 Å². The molecule has 286 valence electrons. The Kier molecular flexibility index (Phi) is 11.9. The number of aromatic hydroxyl groups is 2. The van der Waals surface area contributed by atoms with Crippen molar-refractivity contribution in [3.05, 3.63) is 135 Å². The van der Waals surface area contributed by atoms with Crippen LogP contribution in [-0.4, -0.2) is 57.1 Å². The van der Waals surface area contributed by atoms with E-state index in [1.54, 1.807) is 18.2 Å². The van der Waals surface area contributed by atoms with Crippen LogP contribution in [0.4, 0.5) is 5.82 Å². The quantitative estimate of drug-likeness (QED) is 0.0664. The zero-order chi connectivity index (χ0) is 38.3. The van der Waals surface area contributed by atoms with Gasteiger partial charge in [-0.1, -0.05) is 42.8 Å². The molecule has 2 atom stereocenters. The average Bonchev–Trinajstić information content (AvgIpc) is 3.84. The van der Waals surface area contributed by atoms with E-state index >= 15 is 0 Å². The van der Waals surface area contributed by atoms with E-state index in [1.165, 1.54) is 7.11 Å². The normalized spacial score (nSPS) is 17.5. The maximum atomic E-state index is 14.5. The summed E-state index contributed by atoms with van der Waals surface area (Å²) < 4.78 is 5.57. The third-order valence-corrected chi connectivity index (χ3v) is 11.3. The summed E-state index contributed by atoms with van der Waals surface area (Å²) in [5.41, 5.74) is 10.1. The Morgan fingerprint density at radius 3 is 2.49 bits per heavy atom. The van der Waals surface area contributed by atoms with E-state index in [-0.39, 0.29) is 48.4 Å². The summed E-state index contributed by atoms with van der Waals surface area (Å²) in [5.74, 6) is 0.828. The standard InChI is InChI=1S/C46H51N3O6/c1-55-43-24-31-12-14-38(52)27-42(53)44-36(26-41-39(16-18-47-41)40(44)10-3-2-6-29-7-4-9-37(51)23-29)28-49-46-33(15-17-48-46)25-34-20-30(21-35(22-31)45(43)54)11-13-32(34)8-5-19-50/h4,7,9,11,13,15-18,20,22-24,26,40,44,47-51,54H,2-3,5-6,8,10,12,14,19,21,25,27-28H2,1H3/t40-,44-/m1/s1. The Bertz CT molecular complexity index is 2180. The summed E-state index contributed by atoms with van der Waals surface area (Å²) in [5, 5.41) is 34.4. The number of aromatic nitrogens is 2. The van der Waals surface area contributed by atoms with Crippen LogP contribution in [0.1, 0.15) is 94.6 Å². The van der Waals surface area contributed by atoms with Crippen molar-refractivity contribution in [1.29, 1.82) is 0 Å². The smallest absolute Gasteiger partial charge is 0.161 e. The summed E-state index contributed by atoms with van der Waals surface area (Å²) in [6.07, 6.45) is 12.3. The van der Waals surface area contributed by atoms with Gasteiger partial charge in [-0.25, -0.2) is 0 Å². The highest BCUT2D eigenvalue weighted by Gasteiger charge is 2.37. The third kappa shape index (κ3) is 8.89. The van der Waals surface area contributed by atoms with Crippen molar-refractivity contribution in [2.45, 2.75) is 76.5 Å². The first kappa shape index (κ1) is 37.8. The molecule has 5 aromatic rings. The molecule has 2 aromatic heterocycles. The number of benzene rings is 3. The lowest BCUT2D eigenvalue weighted by Crippen LogP contribution is -2.31. The molecular formula is C46H51N3O6. The fourth-order valence-corrected chi connectivity index (χ4v) is 8.51. The predicted octanol–water partition coefficient (Wildman–Crippen LogP) is 7.97. The zero-order valence-corrected chi connectivity index (χ0v) is 31.5. The van der Waals surface area contributed by atoms with E-state index in [0.717, 1.165) is 88.1 Å². The van der Waals surface area contributed by atoms with Gasteiger partial charge < -0.3 is 35.3 Å². The van der Waals surface area contributed by atoms with Crippen molar-refractivity contribution in [2.75, 3.05) is 25.6 Å². The molecule has 6 N–H and O–H groups in total. The van der Waals surface area contributed by atoms with Gasteiger partial charge in [-0.3, -0.25) is 9.59 Å². The van der Waals surface area contributed by atoms with Crippen LogP contribution in [0.3, 0.4) is 0 Å². The number of hydrogen-bond donors (Lipinski definition) is 6. The molecule has 0 saturated heterocycles. The number of Topliss-reactive ketones (excluding diaryl/α,β-unsaturated/α-hetero) is 2. The minimum atomic E-state index is -0.469. The molecule has 0 fully saturated rings. The zero-order valence-electron chi connectivity index (χ0n) is 31.5. The van der Waals surface area contributed by atoms with Crippen molar-refractivity contribution in [3.63, 3.8) is 0 Å². The molecule has 7 rings (SSSR count). The van der Waals surface area contributed by atoms with E-state index in [9.17, 15) is 24.9 Å². The lowest BCUT2D eigenvalue weighted by molar-refractivity contribution is -0.129. The van der Waals surface area contributed by atoms with Crippen LogP contribution < -0.4 is 10.1 Å². The highest BCUT2D eigenvalue weighted by Crippen LogP contribution is 2.43. The number of aliphatic hydroxyl groups is 1. The number of carbonyl (C=O) groups excluding carboxylic acids is 2. The number of nitrogens with one attached hydrogen (secondary N) is 3. The second-order valence-electron chi connectivity index (χ2n) is 15.1. The van der Waals surface area contributed by atoms with Crippen molar-refractivity contribution >= 4 is 23.5 Å². The van der Waals surface area contributed by atoms with Gasteiger partial charge in [0.15, 0.2) is 11.5 Å². The molecule has 1 aliphatic heterocycles. The number of phenolic OH excluding ortho intramolecular Hbond substituents is 2. The topological polar surface area (TPSA) is 148 Å². The van der Waals surface area contributed by atoms with Gasteiger partial charge in [0, 0.05) is 62.0 Å². The van der Waals surface area contributed by atoms with Gasteiger partial charge in [0.25, 0.3) is 0 Å². The minimum absolute atomic E-state index is 0.0685. The third-order valence-electron chi connectivity index (χ3n) is 11.3. The number of H-pyrrole nitrogens is 2. The SMILES string of the molecule is COc1cc2cc(c1O)Cc1ccc(CCCO)c(c1)Cc1cc[nH]c1NCC1=Cc3[nH]ccc3[C@@H](CCCCc3cccc(O)c3)[C@@H]1C(=O)CC(=O)CC2. The van der Waals surface area contributed by atoms with Crippen LogP contribution in [0.15, 0.2) is 84.7 Å². The second kappa shape index (κ2) is 17.3. The number of aliphatic hydroxyl groups excluding tert-OH is 1. The van der Waals surface area contributed by atoms with Crippen molar-refractivity contribution in [1.82, 2.24) is 9.97 Å². The van der Waals surface area contributed by atoms with Crippen molar-refractivity contribution in [3.8, 4) is 17.2 Å². The van der Waals surface area contributed by atoms with Crippen LogP contribution in [0.5, 0.6) is 17.2 Å². The van der Waals surface area contributed by atoms with Crippen LogP contribution in [0.2, 0.25) is 0 Å². The lowest BCUT2D eigenvalue weighted by Gasteiger charge is -2.32. The van der Waals surface area contributed by atoms with Crippen molar-refractivity contribution in [2.24, 2.45) is 5.92 Å². The number of ether oxygens (including phenoxy) is 1. The van der Waals surface area contributed by atoms with E-state index in [1.807, 2.05) is 30.6 Å². The molecule has 0 saturated carbocycles. The minimum Gasteiger partial charge on any atom is -0.508 e. The first-order valence-corrected chi connectivity index (χ1v) is 19.5. The van der Waals surface area contributed by atoms with Gasteiger partial charge in [0.1, 0.15) is 23.1 Å². The summed E-state index contributed by atoms with van der Waals surface area (Å²) in [4.78, 5) is 34.9. The molecule has 2 aliphatic rings. The van der Waals surface area contributed by atoms with Gasteiger partial charge in [0.2, 0.25) is 0 Å². The highest BCUT2D eigenvalue weighted by atomic mass is 16.5. The summed E-state index contributed by atoms with van der Waals surface area (Å²) >= 11 is 0. The number of fused-ring (bicyclic) bond motifs is 7. The second-order valence-corrected chi connectivity index (χ2v) is 15.1. The largest absolute Gasteiger partial charge is 0.508 e. The number of carbonyl (C=O) groups is 2. The van der Waals surface area contributed by atoms with Gasteiger partial charge >= 0.3 is 0 Å². The number of phenols is 2. The number of anilines is 1. The fraction of sp³-hybridized carbons (Fsp3) is 0.348.